The molecule has 3 aromatic rings. The maximum absolute atomic E-state index is 12.9. The second kappa shape index (κ2) is 6.47. The maximum atomic E-state index is 12.9. The molecule has 0 spiro atoms. The summed E-state index contributed by atoms with van der Waals surface area (Å²) < 4.78 is 0.570. The van der Waals surface area contributed by atoms with Crippen LogP contribution < -0.4 is 4.90 Å². The van der Waals surface area contributed by atoms with Crippen molar-refractivity contribution in [3.8, 4) is 0 Å². The van der Waals surface area contributed by atoms with Crippen molar-refractivity contribution in [3.05, 3.63) is 82.8 Å². The second-order valence-electron chi connectivity index (χ2n) is 5.92. The highest BCUT2D eigenvalue weighted by Gasteiger charge is 2.33. The molecule has 0 unspecified atom stereocenters. The van der Waals surface area contributed by atoms with E-state index in [-0.39, 0.29) is 5.91 Å². The zero-order valence-corrected chi connectivity index (χ0v) is 15.2. The van der Waals surface area contributed by atoms with Crippen LogP contribution >= 0.6 is 24.0 Å². The minimum absolute atomic E-state index is 0.0632. The topological polar surface area (TPSA) is 20.3 Å². The van der Waals surface area contributed by atoms with E-state index in [9.17, 15) is 4.79 Å². The zero-order valence-electron chi connectivity index (χ0n) is 13.6. The molecule has 1 saturated heterocycles. The minimum Gasteiger partial charge on any atom is -0.268 e. The molecule has 4 heteroatoms. The number of carbonyl (C=O) groups is 1. The number of fused-ring (bicyclic) bond motifs is 1. The number of carbonyl (C=O) groups excluding carboxylic acids is 1. The number of amides is 1. The Morgan fingerprint density at radius 1 is 0.960 bits per heavy atom. The molecule has 0 atom stereocenters. The smallest absolute Gasteiger partial charge is 0.268 e. The Kier molecular flexibility index (Phi) is 4.15. The van der Waals surface area contributed by atoms with E-state index in [2.05, 4.69) is 18.2 Å². The Balaban J connectivity index is 1.74. The minimum atomic E-state index is -0.0632. The van der Waals surface area contributed by atoms with E-state index in [0.29, 0.717) is 9.23 Å². The summed E-state index contributed by atoms with van der Waals surface area (Å²) in [6.45, 7) is 2.02. The van der Waals surface area contributed by atoms with Crippen LogP contribution in [-0.2, 0) is 4.79 Å². The van der Waals surface area contributed by atoms with Gasteiger partial charge in [-0.1, -0.05) is 84.1 Å². The number of rotatable bonds is 2. The van der Waals surface area contributed by atoms with Gasteiger partial charge in [-0.3, -0.25) is 9.69 Å². The van der Waals surface area contributed by atoms with Gasteiger partial charge in [0.15, 0.2) is 4.32 Å². The molecular weight excluding hydrogens is 346 g/mol. The van der Waals surface area contributed by atoms with Crippen molar-refractivity contribution in [2.45, 2.75) is 6.92 Å². The molecule has 3 aromatic carbocycles. The SMILES string of the molecule is Cc1ccc(N2C(=O)C(=Cc3cccc4ccccc34)SC2=S)cc1. The van der Waals surface area contributed by atoms with Gasteiger partial charge >= 0.3 is 0 Å². The van der Waals surface area contributed by atoms with E-state index in [1.807, 2.05) is 61.5 Å². The Morgan fingerprint density at radius 3 is 2.48 bits per heavy atom. The van der Waals surface area contributed by atoms with Gasteiger partial charge in [-0.25, -0.2) is 0 Å². The molecule has 2 nitrogen and oxygen atoms in total. The molecule has 4 rings (SSSR count). The third-order valence-corrected chi connectivity index (χ3v) is 5.50. The zero-order chi connectivity index (χ0) is 17.4. The van der Waals surface area contributed by atoms with Gasteiger partial charge in [0.05, 0.1) is 10.6 Å². The van der Waals surface area contributed by atoms with Gasteiger partial charge in [0.2, 0.25) is 0 Å². The molecule has 1 aliphatic heterocycles. The highest BCUT2D eigenvalue weighted by Crippen LogP contribution is 2.36. The molecule has 25 heavy (non-hydrogen) atoms. The molecule has 0 bridgehead atoms. The predicted molar refractivity (Wildman–Crippen MR) is 111 cm³/mol. The molecule has 1 fully saturated rings. The van der Waals surface area contributed by atoms with E-state index in [4.69, 9.17) is 12.2 Å². The number of thioether (sulfide) groups is 1. The second-order valence-corrected chi connectivity index (χ2v) is 7.60. The van der Waals surface area contributed by atoms with E-state index >= 15 is 0 Å². The van der Waals surface area contributed by atoms with Crippen LogP contribution in [0.25, 0.3) is 16.8 Å². The van der Waals surface area contributed by atoms with Crippen LogP contribution in [0.15, 0.2) is 71.6 Å². The van der Waals surface area contributed by atoms with Crippen LogP contribution in [-0.4, -0.2) is 10.2 Å². The average molecular weight is 361 g/mol. The van der Waals surface area contributed by atoms with Crippen LogP contribution in [0.3, 0.4) is 0 Å². The summed E-state index contributed by atoms with van der Waals surface area (Å²) in [6, 6.07) is 22.1. The van der Waals surface area contributed by atoms with Gasteiger partial charge in [-0.2, -0.15) is 0 Å². The van der Waals surface area contributed by atoms with Gasteiger partial charge < -0.3 is 0 Å². The van der Waals surface area contributed by atoms with Crippen LogP contribution in [0.2, 0.25) is 0 Å². The number of anilines is 1. The standard InChI is InChI=1S/C21H15NOS2/c1-14-9-11-17(12-10-14)22-20(23)19(25-21(22)24)13-16-7-4-6-15-5-2-3-8-18(15)16/h2-13H,1H3. The summed E-state index contributed by atoms with van der Waals surface area (Å²) >= 11 is 6.80. The number of benzene rings is 3. The fraction of sp³-hybridized carbons (Fsp3) is 0.0476. The lowest BCUT2D eigenvalue weighted by Gasteiger charge is -2.14. The first-order chi connectivity index (χ1) is 12.1. The normalized spacial score (nSPS) is 16.2. The van der Waals surface area contributed by atoms with Crippen molar-refractivity contribution in [2.75, 3.05) is 4.90 Å². The van der Waals surface area contributed by atoms with E-state index < -0.39 is 0 Å². The third-order valence-electron chi connectivity index (χ3n) is 4.20. The third kappa shape index (κ3) is 2.99. The molecule has 0 aliphatic carbocycles. The lowest BCUT2D eigenvalue weighted by Crippen LogP contribution is -2.27. The van der Waals surface area contributed by atoms with Crippen LogP contribution in [0, 0.1) is 6.92 Å². The molecule has 0 aromatic heterocycles. The largest absolute Gasteiger partial charge is 0.270 e. The van der Waals surface area contributed by atoms with Gasteiger partial charge in [0.25, 0.3) is 5.91 Å². The van der Waals surface area contributed by atoms with E-state index in [1.165, 1.54) is 11.8 Å². The Labute approximate surface area is 156 Å². The van der Waals surface area contributed by atoms with E-state index in [0.717, 1.165) is 27.6 Å². The Bertz CT molecular complexity index is 1020. The molecule has 0 N–H and O–H groups in total. The van der Waals surface area contributed by atoms with Gasteiger partial charge in [-0.15, -0.1) is 0 Å². The fourth-order valence-electron chi connectivity index (χ4n) is 2.90. The average Bonchev–Trinajstić information content (AvgIpc) is 2.90. The molecule has 0 saturated carbocycles. The number of hydrogen-bond donors (Lipinski definition) is 0. The highest BCUT2D eigenvalue weighted by molar-refractivity contribution is 8.27. The molecule has 122 valence electrons. The summed E-state index contributed by atoms with van der Waals surface area (Å²) in [4.78, 5) is 15.2. The molecule has 1 heterocycles. The Hall–Kier alpha value is -2.43. The number of hydrogen-bond acceptors (Lipinski definition) is 3. The summed E-state index contributed by atoms with van der Waals surface area (Å²) in [5, 5.41) is 2.29. The van der Waals surface area contributed by atoms with Crippen molar-refractivity contribution < 1.29 is 4.79 Å². The number of thiocarbonyl (C=S) groups is 1. The summed E-state index contributed by atoms with van der Waals surface area (Å²) in [5.74, 6) is -0.0632. The van der Waals surface area contributed by atoms with Crippen molar-refractivity contribution in [2.24, 2.45) is 0 Å². The molecule has 1 aliphatic rings. The maximum Gasteiger partial charge on any atom is 0.270 e. The monoisotopic (exact) mass is 361 g/mol. The lowest BCUT2D eigenvalue weighted by molar-refractivity contribution is -0.113. The van der Waals surface area contributed by atoms with Crippen molar-refractivity contribution in [1.29, 1.82) is 0 Å². The molecule has 1 amide bonds. The molecule has 0 radical (unpaired) electrons. The number of aryl methyl sites for hydroxylation is 1. The van der Waals surface area contributed by atoms with Crippen molar-refractivity contribution in [1.82, 2.24) is 0 Å². The van der Waals surface area contributed by atoms with Crippen LogP contribution in [0.4, 0.5) is 5.69 Å². The van der Waals surface area contributed by atoms with Crippen molar-refractivity contribution >= 4 is 56.7 Å². The van der Waals surface area contributed by atoms with E-state index in [1.54, 1.807) is 4.90 Å². The molecular formula is C21H15NOS2. The first-order valence-electron chi connectivity index (χ1n) is 7.96. The van der Waals surface area contributed by atoms with Crippen molar-refractivity contribution in [3.63, 3.8) is 0 Å². The summed E-state index contributed by atoms with van der Waals surface area (Å²) in [5.41, 5.74) is 3.00. The predicted octanol–water partition coefficient (Wildman–Crippen LogP) is 5.55. The van der Waals surface area contributed by atoms with Gasteiger partial charge in [0, 0.05) is 0 Å². The van der Waals surface area contributed by atoms with Gasteiger partial charge in [-0.05, 0) is 41.5 Å². The summed E-state index contributed by atoms with van der Waals surface area (Å²) in [6.07, 6.45) is 1.94. The van der Waals surface area contributed by atoms with Crippen LogP contribution in [0.1, 0.15) is 11.1 Å². The number of nitrogens with zero attached hydrogens (tertiary/aromatic N) is 1. The quantitative estimate of drug-likeness (QED) is 0.441. The summed E-state index contributed by atoms with van der Waals surface area (Å²) in [7, 11) is 0. The van der Waals surface area contributed by atoms with Crippen LogP contribution in [0.5, 0.6) is 0 Å². The fourth-order valence-corrected chi connectivity index (χ4v) is 4.19. The Morgan fingerprint density at radius 2 is 1.68 bits per heavy atom. The first-order valence-corrected chi connectivity index (χ1v) is 9.18. The highest BCUT2D eigenvalue weighted by atomic mass is 32.2. The van der Waals surface area contributed by atoms with Gasteiger partial charge in [0.1, 0.15) is 0 Å². The first kappa shape index (κ1) is 16.1. The lowest BCUT2D eigenvalue weighted by atomic mass is 10.0.